The highest BCUT2D eigenvalue weighted by atomic mass is 35.5. The van der Waals surface area contributed by atoms with Crippen molar-refractivity contribution in [3.8, 4) is 17.2 Å². The predicted molar refractivity (Wildman–Crippen MR) is 105 cm³/mol. The lowest BCUT2D eigenvalue weighted by atomic mass is 10.1. The van der Waals surface area contributed by atoms with Gasteiger partial charge in [-0.1, -0.05) is 11.6 Å². The van der Waals surface area contributed by atoms with Gasteiger partial charge in [0.15, 0.2) is 5.58 Å². The van der Waals surface area contributed by atoms with Crippen LogP contribution >= 0.6 is 11.6 Å². The van der Waals surface area contributed by atoms with Crippen molar-refractivity contribution in [2.45, 2.75) is 0 Å². The van der Waals surface area contributed by atoms with Gasteiger partial charge >= 0.3 is 0 Å². The Kier molecular flexibility index (Phi) is 4.71. The van der Waals surface area contributed by atoms with Crippen molar-refractivity contribution in [1.82, 2.24) is 4.98 Å². The van der Waals surface area contributed by atoms with E-state index in [9.17, 15) is 9.18 Å². The van der Waals surface area contributed by atoms with E-state index in [4.69, 9.17) is 20.8 Å². The zero-order chi connectivity index (χ0) is 19.7. The van der Waals surface area contributed by atoms with Crippen LogP contribution in [0.4, 0.5) is 10.1 Å². The van der Waals surface area contributed by atoms with Crippen molar-refractivity contribution in [2.75, 3.05) is 12.4 Å². The van der Waals surface area contributed by atoms with Crippen LogP contribution in [0.3, 0.4) is 0 Å². The van der Waals surface area contributed by atoms with Crippen LogP contribution in [0.25, 0.3) is 22.6 Å². The summed E-state index contributed by atoms with van der Waals surface area (Å²) in [7, 11) is 1.48. The zero-order valence-corrected chi connectivity index (χ0v) is 15.5. The lowest BCUT2D eigenvalue weighted by Gasteiger charge is -2.09. The SMILES string of the molecule is COc1ccc(Cl)cc1C(=O)Nc1ccc2oc(-c3ccc(F)cc3)nc2c1. The predicted octanol–water partition coefficient (Wildman–Crippen LogP) is 5.55. The van der Waals surface area contributed by atoms with Gasteiger partial charge in [-0.15, -0.1) is 0 Å². The minimum atomic E-state index is -0.360. The Morgan fingerprint density at radius 2 is 1.89 bits per heavy atom. The van der Waals surface area contributed by atoms with Crippen LogP contribution in [0.1, 0.15) is 10.4 Å². The molecule has 0 aliphatic rings. The summed E-state index contributed by atoms with van der Waals surface area (Å²) in [6, 6.07) is 15.8. The summed E-state index contributed by atoms with van der Waals surface area (Å²) in [6.45, 7) is 0. The first-order valence-electron chi connectivity index (χ1n) is 8.35. The number of fused-ring (bicyclic) bond motifs is 1. The van der Waals surface area contributed by atoms with Gasteiger partial charge in [0.2, 0.25) is 5.89 Å². The first kappa shape index (κ1) is 18.0. The fraction of sp³-hybridized carbons (Fsp3) is 0.0476. The molecule has 1 aromatic heterocycles. The Bertz CT molecular complexity index is 1170. The fourth-order valence-corrected chi connectivity index (χ4v) is 2.95. The number of nitrogens with one attached hydrogen (secondary N) is 1. The Hall–Kier alpha value is -3.38. The normalized spacial score (nSPS) is 10.8. The molecule has 0 radical (unpaired) electrons. The molecule has 0 saturated heterocycles. The van der Waals surface area contributed by atoms with Gasteiger partial charge in [-0.3, -0.25) is 4.79 Å². The average molecular weight is 397 g/mol. The van der Waals surface area contributed by atoms with Gasteiger partial charge in [-0.05, 0) is 60.7 Å². The third-order valence-corrected chi connectivity index (χ3v) is 4.38. The number of ether oxygens (including phenoxy) is 1. The summed E-state index contributed by atoms with van der Waals surface area (Å²) in [5.41, 5.74) is 2.64. The molecular weight excluding hydrogens is 383 g/mol. The Morgan fingerprint density at radius 1 is 1.11 bits per heavy atom. The lowest BCUT2D eigenvalue weighted by Crippen LogP contribution is -2.13. The van der Waals surface area contributed by atoms with E-state index in [1.807, 2.05) is 0 Å². The quantitative estimate of drug-likeness (QED) is 0.491. The van der Waals surface area contributed by atoms with E-state index in [1.165, 1.54) is 25.3 Å². The number of aromatic nitrogens is 1. The highest BCUT2D eigenvalue weighted by molar-refractivity contribution is 6.31. The molecule has 0 fully saturated rings. The topological polar surface area (TPSA) is 64.4 Å². The van der Waals surface area contributed by atoms with E-state index in [0.717, 1.165) is 0 Å². The fourth-order valence-electron chi connectivity index (χ4n) is 2.78. The van der Waals surface area contributed by atoms with E-state index in [0.29, 0.717) is 44.6 Å². The molecule has 5 nitrogen and oxygen atoms in total. The van der Waals surface area contributed by atoms with Crippen LogP contribution in [-0.4, -0.2) is 18.0 Å². The van der Waals surface area contributed by atoms with Gasteiger partial charge in [0.25, 0.3) is 5.91 Å². The minimum absolute atomic E-state index is 0.322. The first-order valence-corrected chi connectivity index (χ1v) is 8.73. The Balaban J connectivity index is 1.62. The number of oxazole rings is 1. The summed E-state index contributed by atoms with van der Waals surface area (Å²) in [5.74, 6) is 0.0975. The van der Waals surface area contributed by atoms with Gasteiger partial charge in [0.05, 0.1) is 12.7 Å². The molecule has 1 N–H and O–H groups in total. The maximum atomic E-state index is 13.1. The van der Waals surface area contributed by atoms with Crippen LogP contribution < -0.4 is 10.1 Å². The summed E-state index contributed by atoms with van der Waals surface area (Å²) >= 11 is 5.99. The van der Waals surface area contributed by atoms with Crippen molar-refractivity contribution in [1.29, 1.82) is 0 Å². The second-order valence-corrected chi connectivity index (χ2v) is 6.44. The second kappa shape index (κ2) is 7.32. The van der Waals surface area contributed by atoms with Crippen LogP contribution in [0.15, 0.2) is 65.1 Å². The molecular formula is C21H14ClFN2O3. The van der Waals surface area contributed by atoms with Gasteiger partial charge in [0.1, 0.15) is 17.1 Å². The largest absolute Gasteiger partial charge is 0.496 e. The number of hydrogen-bond acceptors (Lipinski definition) is 4. The molecule has 0 aliphatic carbocycles. The molecule has 28 heavy (non-hydrogen) atoms. The average Bonchev–Trinajstić information content (AvgIpc) is 3.11. The molecule has 0 unspecified atom stereocenters. The van der Waals surface area contributed by atoms with Crippen molar-refractivity contribution in [2.24, 2.45) is 0 Å². The lowest BCUT2D eigenvalue weighted by molar-refractivity contribution is 0.102. The van der Waals surface area contributed by atoms with Crippen LogP contribution in [0, 0.1) is 5.82 Å². The molecule has 0 atom stereocenters. The molecule has 0 saturated carbocycles. The van der Waals surface area contributed by atoms with E-state index < -0.39 is 0 Å². The number of hydrogen-bond donors (Lipinski definition) is 1. The van der Waals surface area contributed by atoms with E-state index in [1.54, 1.807) is 42.5 Å². The number of halogens is 2. The number of rotatable bonds is 4. The molecule has 0 bridgehead atoms. The molecule has 1 amide bonds. The monoisotopic (exact) mass is 396 g/mol. The molecule has 140 valence electrons. The van der Waals surface area contributed by atoms with E-state index >= 15 is 0 Å². The molecule has 7 heteroatoms. The van der Waals surface area contributed by atoms with Gasteiger partial charge < -0.3 is 14.5 Å². The van der Waals surface area contributed by atoms with Gasteiger partial charge in [0, 0.05) is 16.3 Å². The zero-order valence-electron chi connectivity index (χ0n) is 14.7. The van der Waals surface area contributed by atoms with Crippen molar-refractivity contribution < 1.29 is 18.3 Å². The number of carbonyl (C=O) groups excluding carboxylic acids is 1. The maximum Gasteiger partial charge on any atom is 0.259 e. The molecule has 4 aromatic rings. The number of nitrogens with zero attached hydrogens (tertiary/aromatic N) is 1. The number of anilines is 1. The molecule has 0 aliphatic heterocycles. The third kappa shape index (κ3) is 3.54. The number of amides is 1. The number of benzene rings is 3. The van der Waals surface area contributed by atoms with Gasteiger partial charge in [-0.25, -0.2) is 9.37 Å². The number of carbonyl (C=O) groups is 1. The van der Waals surface area contributed by atoms with Gasteiger partial charge in [-0.2, -0.15) is 0 Å². The summed E-state index contributed by atoms with van der Waals surface area (Å²) < 4.78 is 24.0. The van der Waals surface area contributed by atoms with Crippen molar-refractivity contribution >= 4 is 34.3 Å². The molecule has 0 spiro atoms. The standard InChI is InChI=1S/C21H14ClFN2O3/c1-27-18-8-4-13(22)10-16(18)20(26)24-15-7-9-19-17(11-15)25-21(28-19)12-2-5-14(23)6-3-12/h2-11H,1H3,(H,24,26). The van der Waals surface area contributed by atoms with Crippen molar-refractivity contribution in [3.05, 3.63) is 77.1 Å². The highest BCUT2D eigenvalue weighted by Gasteiger charge is 2.15. The molecule has 3 aromatic carbocycles. The smallest absolute Gasteiger partial charge is 0.259 e. The Morgan fingerprint density at radius 3 is 2.64 bits per heavy atom. The summed E-state index contributed by atoms with van der Waals surface area (Å²) in [5, 5.41) is 3.23. The Labute approximate surface area is 164 Å². The van der Waals surface area contributed by atoms with E-state index in [2.05, 4.69) is 10.3 Å². The maximum absolute atomic E-state index is 13.1. The van der Waals surface area contributed by atoms with E-state index in [-0.39, 0.29) is 11.7 Å². The van der Waals surface area contributed by atoms with Crippen LogP contribution in [-0.2, 0) is 0 Å². The van der Waals surface area contributed by atoms with Crippen LogP contribution in [0.2, 0.25) is 5.02 Å². The molecule has 4 rings (SSSR count). The van der Waals surface area contributed by atoms with Crippen molar-refractivity contribution in [3.63, 3.8) is 0 Å². The minimum Gasteiger partial charge on any atom is -0.496 e. The highest BCUT2D eigenvalue weighted by Crippen LogP contribution is 2.28. The van der Waals surface area contributed by atoms with Crippen LogP contribution in [0.5, 0.6) is 5.75 Å². The summed E-state index contributed by atoms with van der Waals surface area (Å²) in [6.07, 6.45) is 0. The second-order valence-electron chi connectivity index (χ2n) is 6.01. The number of methoxy groups -OCH3 is 1. The molecule has 1 heterocycles. The first-order chi connectivity index (χ1) is 13.5. The summed E-state index contributed by atoms with van der Waals surface area (Å²) in [4.78, 5) is 17.0. The third-order valence-electron chi connectivity index (χ3n) is 4.14.